The Bertz CT molecular complexity index is 760. The molecule has 2 aromatic rings. The normalized spacial score (nSPS) is 12.5. The van der Waals surface area contributed by atoms with Crippen molar-refractivity contribution in [1.29, 1.82) is 0 Å². The zero-order valence-electron chi connectivity index (χ0n) is 13.9. The van der Waals surface area contributed by atoms with E-state index < -0.39 is 23.8 Å². The lowest BCUT2D eigenvalue weighted by atomic mass is 10.1. The summed E-state index contributed by atoms with van der Waals surface area (Å²) in [6.45, 7) is 0.199. The minimum absolute atomic E-state index is 0.00184. The van der Waals surface area contributed by atoms with Crippen LogP contribution in [0.15, 0.2) is 42.5 Å². The number of nitrogens with one attached hydrogen (secondary N) is 1. The van der Waals surface area contributed by atoms with E-state index in [1.807, 2.05) is 0 Å². The number of halogens is 3. The predicted molar refractivity (Wildman–Crippen MR) is 87.8 cm³/mol. The molecule has 0 unspecified atom stereocenters. The maximum absolute atomic E-state index is 12.5. The number of ether oxygens (including phenoxy) is 1. The number of phenols is 1. The zero-order valence-corrected chi connectivity index (χ0v) is 13.9. The monoisotopic (exact) mass is 369 g/mol. The molecule has 0 heterocycles. The van der Waals surface area contributed by atoms with Gasteiger partial charge in [0.05, 0.1) is 12.7 Å². The van der Waals surface area contributed by atoms with Crippen molar-refractivity contribution in [2.75, 3.05) is 13.7 Å². The quantitative estimate of drug-likeness (QED) is 0.732. The number of aliphatic hydroxyl groups excluding tert-OH is 1. The van der Waals surface area contributed by atoms with Gasteiger partial charge in [-0.15, -0.1) is 0 Å². The lowest BCUT2D eigenvalue weighted by molar-refractivity contribution is -0.137. The standard InChI is InChI=1S/C18H18F3NO4/c1-26-15-10-11(2-7-14(15)23)8-9-22-17(25)16(24)12-3-5-13(6-4-12)18(19,20)21/h2-7,10,16,23-24H,8-9H2,1H3,(H,22,25)/t16-/m1/s1. The van der Waals surface area contributed by atoms with Crippen LogP contribution in [-0.4, -0.2) is 29.8 Å². The zero-order chi connectivity index (χ0) is 19.3. The molecule has 3 N–H and O–H groups in total. The highest BCUT2D eigenvalue weighted by Crippen LogP contribution is 2.30. The van der Waals surface area contributed by atoms with Gasteiger partial charge < -0.3 is 20.3 Å². The molecule has 0 aliphatic heterocycles. The second-order valence-electron chi connectivity index (χ2n) is 5.57. The fraction of sp³-hybridized carbons (Fsp3) is 0.278. The van der Waals surface area contributed by atoms with Crippen molar-refractivity contribution in [3.05, 3.63) is 59.2 Å². The fourth-order valence-electron chi connectivity index (χ4n) is 2.31. The maximum Gasteiger partial charge on any atom is 0.416 e. The van der Waals surface area contributed by atoms with Gasteiger partial charge in [-0.25, -0.2) is 0 Å². The summed E-state index contributed by atoms with van der Waals surface area (Å²) in [5.41, 5.74) is 0.0147. The van der Waals surface area contributed by atoms with E-state index in [0.717, 1.165) is 29.8 Å². The van der Waals surface area contributed by atoms with Gasteiger partial charge in [-0.1, -0.05) is 18.2 Å². The second kappa shape index (κ2) is 8.09. The van der Waals surface area contributed by atoms with Crippen LogP contribution in [0.5, 0.6) is 11.5 Å². The third kappa shape index (κ3) is 4.89. The molecule has 0 spiro atoms. The van der Waals surface area contributed by atoms with E-state index in [1.54, 1.807) is 12.1 Å². The first-order chi connectivity index (χ1) is 12.2. The summed E-state index contributed by atoms with van der Waals surface area (Å²) < 4.78 is 42.5. The van der Waals surface area contributed by atoms with E-state index in [0.29, 0.717) is 12.2 Å². The van der Waals surface area contributed by atoms with Crippen molar-refractivity contribution >= 4 is 5.91 Å². The Labute approximate surface area is 148 Å². The lowest BCUT2D eigenvalue weighted by Gasteiger charge is -2.13. The first-order valence-corrected chi connectivity index (χ1v) is 7.71. The third-order valence-corrected chi connectivity index (χ3v) is 3.76. The molecule has 1 atom stereocenters. The highest BCUT2D eigenvalue weighted by molar-refractivity contribution is 5.81. The molecule has 0 bridgehead atoms. The average Bonchev–Trinajstić information content (AvgIpc) is 2.61. The number of carbonyl (C=O) groups excluding carboxylic acids is 1. The summed E-state index contributed by atoms with van der Waals surface area (Å²) in [6, 6.07) is 8.51. The minimum atomic E-state index is -4.48. The number of rotatable bonds is 6. The smallest absolute Gasteiger partial charge is 0.416 e. The number of aromatic hydroxyl groups is 1. The van der Waals surface area contributed by atoms with Gasteiger partial charge in [0.15, 0.2) is 17.6 Å². The Balaban J connectivity index is 1.91. The third-order valence-electron chi connectivity index (χ3n) is 3.76. The molecular formula is C18H18F3NO4. The lowest BCUT2D eigenvalue weighted by Crippen LogP contribution is -2.31. The van der Waals surface area contributed by atoms with Crippen molar-refractivity contribution in [2.24, 2.45) is 0 Å². The van der Waals surface area contributed by atoms with Crippen molar-refractivity contribution in [3.63, 3.8) is 0 Å². The Morgan fingerprint density at radius 2 is 1.85 bits per heavy atom. The molecule has 2 aromatic carbocycles. The van der Waals surface area contributed by atoms with E-state index in [2.05, 4.69) is 5.32 Å². The number of amides is 1. The molecule has 26 heavy (non-hydrogen) atoms. The average molecular weight is 369 g/mol. The number of phenolic OH excluding ortho intramolecular Hbond substituents is 1. The van der Waals surface area contributed by atoms with Crippen molar-refractivity contribution in [2.45, 2.75) is 18.7 Å². The molecule has 0 fully saturated rings. The van der Waals surface area contributed by atoms with Crippen LogP contribution in [0.2, 0.25) is 0 Å². The molecule has 140 valence electrons. The van der Waals surface area contributed by atoms with Crippen LogP contribution < -0.4 is 10.1 Å². The number of methoxy groups -OCH3 is 1. The van der Waals surface area contributed by atoms with Gasteiger partial charge in [0.2, 0.25) is 0 Å². The maximum atomic E-state index is 12.5. The summed E-state index contributed by atoms with van der Waals surface area (Å²) in [4.78, 5) is 11.9. The summed E-state index contributed by atoms with van der Waals surface area (Å²) in [5.74, 6) is -0.410. The molecule has 0 saturated carbocycles. The largest absolute Gasteiger partial charge is 0.504 e. The van der Waals surface area contributed by atoms with Crippen LogP contribution in [-0.2, 0) is 17.4 Å². The number of benzene rings is 2. The number of carbonyl (C=O) groups is 1. The van der Waals surface area contributed by atoms with Crippen LogP contribution in [0.4, 0.5) is 13.2 Å². The van der Waals surface area contributed by atoms with Gasteiger partial charge in [-0.2, -0.15) is 13.2 Å². The SMILES string of the molecule is COc1cc(CCNC(=O)[C@H](O)c2ccc(C(F)(F)F)cc2)ccc1O. The van der Waals surface area contributed by atoms with Crippen LogP contribution in [0.3, 0.4) is 0 Å². The van der Waals surface area contributed by atoms with Crippen molar-refractivity contribution < 1.29 is 32.9 Å². The molecule has 0 aliphatic rings. The summed E-state index contributed by atoms with van der Waals surface area (Å²) in [6.07, 6.45) is -5.62. The van der Waals surface area contributed by atoms with Gasteiger partial charge in [0, 0.05) is 6.54 Å². The van der Waals surface area contributed by atoms with E-state index in [1.165, 1.54) is 13.2 Å². The Kier molecular flexibility index (Phi) is 6.10. The van der Waals surface area contributed by atoms with E-state index in [-0.39, 0.29) is 17.9 Å². The van der Waals surface area contributed by atoms with Gasteiger partial charge in [-0.05, 0) is 41.8 Å². The molecule has 5 nitrogen and oxygen atoms in total. The first kappa shape index (κ1) is 19.6. The molecule has 0 saturated heterocycles. The van der Waals surface area contributed by atoms with E-state index in [4.69, 9.17) is 4.74 Å². The van der Waals surface area contributed by atoms with Crippen molar-refractivity contribution in [3.8, 4) is 11.5 Å². The first-order valence-electron chi connectivity index (χ1n) is 7.71. The van der Waals surface area contributed by atoms with Gasteiger partial charge in [0.1, 0.15) is 0 Å². The van der Waals surface area contributed by atoms with Gasteiger partial charge >= 0.3 is 6.18 Å². The summed E-state index contributed by atoms with van der Waals surface area (Å²) in [7, 11) is 1.42. The molecule has 0 radical (unpaired) electrons. The highest BCUT2D eigenvalue weighted by atomic mass is 19.4. The number of alkyl halides is 3. The Morgan fingerprint density at radius 3 is 2.42 bits per heavy atom. The number of aliphatic hydroxyl groups is 1. The number of hydrogen-bond acceptors (Lipinski definition) is 4. The molecule has 8 heteroatoms. The molecule has 1 amide bonds. The van der Waals surface area contributed by atoms with Crippen LogP contribution >= 0.6 is 0 Å². The Morgan fingerprint density at radius 1 is 1.19 bits per heavy atom. The topological polar surface area (TPSA) is 78.8 Å². The van der Waals surface area contributed by atoms with Crippen LogP contribution in [0.1, 0.15) is 22.8 Å². The summed E-state index contributed by atoms with van der Waals surface area (Å²) >= 11 is 0. The van der Waals surface area contributed by atoms with Gasteiger partial charge in [0.25, 0.3) is 5.91 Å². The fourth-order valence-corrected chi connectivity index (χ4v) is 2.31. The molecule has 2 rings (SSSR count). The molecular weight excluding hydrogens is 351 g/mol. The summed E-state index contributed by atoms with van der Waals surface area (Å²) in [5, 5.41) is 22.0. The molecule has 0 aromatic heterocycles. The highest BCUT2D eigenvalue weighted by Gasteiger charge is 2.30. The van der Waals surface area contributed by atoms with E-state index >= 15 is 0 Å². The molecule has 0 aliphatic carbocycles. The second-order valence-corrected chi connectivity index (χ2v) is 5.57. The minimum Gasteiger partial charge on any atom is -0.504 e. The van der Waals surface area contributed by atoms with E-state index in [9.17, 15) is 28.2 Å². The predicted octanol–water partition coefficient (Wildman–Crippen LogP) is 2.81. The van der Waals surface area contributed by atoms with Crippen LogP contribution in [0, 0.1) is 0 Å². The van der Waals surface area contributed by atoms with Crippen LogP contribution in [0.25, 0.3) is 0 Å². The number of hydrogen-bond donors (Lipinski definition) is 3. The van der Waals surface area contributed by atoms with Gasteiger partial charge in [-0.3, -0.25) is 4.79 Å². The Hall–Kier alpha value is -2.74. The van der Waals surface area contributed by atoms with Crippen molar-refractivity contribution in [1.82, 2.24) is 5.32 Å².